The zero-order valence-corrected chi connectivity index (χ0v) is 17.0. The number of ether oxygens (including phenoxy) is 1. The van der Waals surface area contributed by atoms with Crippen LogP contribution in [0.1, 0.15) is 42.6 Å². The zero-order chi connectivity index (χ0) is 20.1. The maximum absolute atomic E-state index is 12.8. The molecule has 1 aromatic heterocycles. The fraction of sp³-hybridized carbons (Fsp3) is 0.500. The van der Waals surface area contributed by atoms with Gasteiger partial charge in [-0.3, -0.25) is 4.79 Å². The van der Waals surface area contributed by atoms with Crippen molar-refractivity contribution in [3.63, 3.8) is 0 Å². The summed E-state index contributed by atoms with van der Waals surface area (Å²) in [4.78, 5) is 16.9. The van der Waals surface area contributed by atoms with E-state index in [0.29, 0.717) is 24.8 Å². The maximum atomic E-state index is 12.8. The Balaban J connectivity index is 1.30. The average Bonchev–Trinajstić information content (AvgIpc) is 2.80. The minimum absolute atomic E-state index is 0.0453. The van der Waals surface area contributed by atoms with Gasteiger partial charge in [0.25, 0.3) is 5.91 Å². The molecule has 1 N–H and O–H groups in total. The zero-order valence-electron chi connectivity index (χ0n) is 17.0. The molecule has 29 heavy (non-hydrogen) atoms. The molecule has 2 aromatic rings. The van der Waals surface area contributed by atoms with Crippen molar-refractivity contribution < 1.29 is 9.53 Å². The van der Waals surface area contributed by atoms with Crippen molar-refractivity contribution in [1.82, 2.24) is 15.1 Å². The number of hydrogen-bond donors (Lipinski definition) is 1. The lowest BCUT2D eigenvalue weighted by Gasteiger charge is -2.36. The number of benzene rings is 1. The van der Waals surface area contributed by atoms with Crippen molar-refractivity contribution in [3.05, 3.63) is 42.1 Å². The van der Waals surface area contributed by atoms with Gasteiger partial charge in [0.05, 0.1) is 7.11 Å². The third-order valence-corrected chi connectivity index (χ3v) is 5.85. The number of methoxy groups -OCH3 is 1. The van der Waals surface area contributed by atoms with Crippen LogP contribution in [0.4, 0.5) is 11.5 Å². The summed E-state index contributed by atoms with van der Waals surface area (Å²) in [6.45, 7) is 2.95. The Morgan fingerprint density at radius 2 is 1.69 bits per heavy atom. The van der Waals surface area contributed by atoms with Gasteiger partial charge in [-0.25, -0.2) is 0 Å². The van der Waals surface area contributed by atoms with Gasteiger partial charge >= 0.3 is 0 Å². The number of nitrogens with one attached hydrogen (secondary N) is 1. The van der Waals surface area contributed by atoms with E-state index in [1.54, 1.807) is 13.2 Å². The van der Waals surface area contributed by atoms with E-state index in [2.05, 4.69) is 32.5 Å². The topological polar surface area (TPSA) is 70.6 Å². The van der Waals surface area contributed by atoms with E-state index in [-0.39, 0.29) is 5.91 Å². The Bertz CT molecular complexity index is 795. The summed E-state index contributed by atoms with van der Waals surface area (Å²) in [5.41, 5.74) is 1.56. The molecule has 1 saturated carbocycles. The normalized spacial score (nSPS) is 17.8. The van der Waals surface area contributed by atoms with E-state index in [4.69, 9.17) is 4.74 Å². The smallest absolute Gasteiger partial charge is 0.274 e. The highest BCUT2D eigenvalue weighted by Gasteiger charge is 2.23. The van der Waals surface area contributed by atoms with Crippen LogP contribution in [0.15, 0.2) is 36.4 Å². The summed E-state index contributed by atoms with van der Waals surface area (Å²) >= 11 is 0. The second kappa shape index (κ2) is 9.11. The number of hydrogen-bond acceptors (Lipinski definition) is 6. The van der Waals surface area contributed by atoms with Crippen molar-refractivity contribution in [2.75, 3.05) is 43.5 Å². The number of amides is 1. The van der Waals surface area contributed by atoms with E-state index in [1.165, 1.54) is 32.1 Å². The van der Waals surface area contributed by atoms with Crippen LogP contribution in [0.25, 0.3) is 0 Å². The summed E-state index contributed by atoms with van der Waals surface area (Å²) in [7, 11) is 1.67. The summed E-state index contributed by atoms with van der Waals surface area (Å²) in [6.07, 6.45) is 6.22. The molecule has 0 spiro atoms. The van der Waals surface area contributed by atoms with Gasteiger partial charge in [0.2, 0.25) is 0 Å². The molecule has 1 aromatic carbocycles. The summed E-state index contributed by atoms with van der Waals surface area (Å²) in [6, 6.07) is 12.2. The number of nitrogens with zero attached hydrogens (tertiary/aromatic N) is 4. The minimum atomic E-state index is -0.0453. The van der Waals surface area contributed by atoms with Gasteiger partial charge in [-0.1, -0.05) is 19.3 Å². The Labute approximate surface area is 172 Å². The SMILES string of the molecule is COc1ccc(N2CCN(C(=O)c3ccc(NC4CCCCC4)nn3)CC2)cc1. The molecule has 2 heterocycles. The molecule has 0 bridgehead atoms. The van der Waals surface area contributed by atoms with Gasteiger partial charge in [-0.05, 0) is 49.2 Å². The molecule has 1 aliphatic carbocycles. The largest absolute Gasteiger partial charge is 0.497 e. The second-order valence-corrected chi connectivity index (χ2v) is 7.76. The van der Waals surface area contributed by atoms with Crippen LogP contribution >= 0.6 is 0 Å². The fourth-order valence-electron chi connectivity index (χ4n) is 4.10. The Morgan fingerprint density at radius 3 is 2.31 bits per heavy atom. The van der Waals surface area contributed by atoms with E-state index < -0.39 is 0 Å². The van der Waals surface area contributed by atoms with Crippen molar-refractivity contribution in [2.45, 2.75) is 38.1 Å². The van der Waals surface area contributed by atoms with Gasteiger partial charge in [-0.2, -0.15) is 0 Å². The van der Waals surface area contributed by atoms with Crippen LogP contribution in [-0.4, -0.2) is 60.3 Å². The Kier molecular flexibility index (Phi) is 6.12. The molecule has 4 rings (SSSR count). The van der Waals surface area contributed by atoms with Crippen LogP contribution in [0.5, 0.6) is 5.75 Å². The molecule has 1 saturated heterocycles. The molecule has 2 aliphatic rings. The van der Waals surface area contributed by atoms with E-state index >= 15 is 0 Å². The molecule has 0 radical (unpaired) electrons. The monoisotopic (exact) mass is 395 g/mol. The molecule has 0 atom stereocenters. The molecular formula is C22H29N5O2. The third-order valence-electron chi connectivity index (χ3n) is 5.85. The Morgan fingerprint density at radius 1 is 0.966 bits per heavy atom. The van der Waals surface area contributed by atoms with E-state index in [0.717, 1.165) is 30.3 Å². The van der Waals surface area contributed by atoms with Gasteiger partial charge in [-0.15, -0.1) is 10.2 Å². The highest BCUT2D eigenvalue weighted by atomic mass is 16.5. The van der Waals surface area contributed by atoms with Crippen LogP contribution in [0.3, 0.4) is 0 Å². The fourth-order valence-corrected chi connectivity index (χ4v) is 4.10. The molecule has 154 valence electrons. The summed E-state index contributed by atoms with van der Waals surface area (Å²) in [5.74, 6) is 1.57. The predicted octanol–water partition coefficient (Wildman–Crippen LogP) is 3.19. The number of carbonyl (C=O) groups is 1. The maximum Gasteiger partial charge on any atom is 0.274 e. The molecule has 7 heteroatoms. The van der Waals surface area contributed by atoms with E-state index in [9.17, 15) is 4.79 Å². The van der Waals surface area contributed by atoms with Gasteiger partial charge in [0.15, 0.2) is 5.69 Å². The van der Waals surface area contributed by atoms with Crippen molar-refractivity contribution in [3.8, 4) is 5.75 Å². The van der Waals surface area contributed by atoms with Crippen LogP contribution in [0, 0.1) is 0 Å². The van der Waals surface area contributed by atoms with Gasteiger partial charge in [0.1, 0.15) is 11.6 Å². The van der Waals surface area contributed by atoms with Crippen LogP contribution in [0.2, 0.25) is 0 Å². The standard InChI is InChI=1S/C22H29N5O2/c1-29-19-9-7-18(8-10-19)26-13-15-27(16-14-26)22(28)20-11-12-21(25-24-20)23-17-5-3-2-4-6-17/h7-12,17H,2-6,13-16H2,1H3,(H,23,25). The summed E-state index contributed by atoms with van der Waals surface area (Å²) < 4.78 is 5.22. The lowest BCUT2D eigenvalue weighted by atomic mass is 9.95. The lowest BCUT2D eigenvalue weighted by molar-refractivity contribution is 0.0739. The number of anilines is 2. The first kappa shape index (κ1) is 19.5. The summed E-state index contributed by atoms with van der Waals surface area (Å²) in [5, 5.41) is 11.9. The number of piperazine rings is 1. The molecule has 0 unspecified atom stereocenters. The third kappa shape index (κ3) is 4.78. The molecule has 2 fully saturated rings. The lowest BCUT2D eigenvalue weighted by Crippen LogP contribution is -2.49. The molecule has 1 amide bonds. The molecular weight excluding hydrogens is 366 g/mol. The number of carbonyl (C=O) groups excluding carboxylic acids is 1. The van der Waals surface area contributed by atoms with Gasteiger partial charge in [0, 0.05) is 37.9 Å². The molecule has 1 aliphatic heterocycles. The quantitative estimate of drug-likeness (QED) is 0.838. The highest BCUT2D eigenvalue weighted by Crippen LogP contribution is 2.22. The predicted molar refractivity (Wildman–Crippen MR) is 114 cm³/mol. The van der Waals surface area contributed by atoms with Crippen molar-refractivity contribution in [2.24, 2.45) is 0 Å². The second-order valence-electron chi connectivity index (χ2n) is 7.76. The highest BCUT2D eigenvalue weighted by molar-refractivity contribution is 5.92. The molecule has 7 nitrogen and oxygen atoms in total. The first-order valence-electron chi connectivity index (χ1n) is 10.5. The average molecular weight is 396 g/mol. The van der Waals surface area contributed by atoms with Crippen molar-refractivity contribution >= 4 is 17.4 Å². The van der Waals surface area contributed by atoms with Crippen molar-refractivity contribution in [1.29, 1.82) is 0 Å². The Hall–Kier alpha value is -2.83. The van der Waals surface area contributed by atoms with Crippen LogP contribution < -0.4 is 15.0 Å². The van der Waals surface area contributed by atoms with E-state index in [1.807, 2.05) is 23.1 Å². The first-order valence-corrected chi connectivity index (χ1v) is 10.5. The minimum Gasteiger partial charge on any atom is -0.497 e. The van der Waals surface area contributed by atoms with Crippen LogP contribution in [-0.2, 0) is 0 Å². The van der Waals surface area contributed by atoms with Gasteiger partial charge < -0.3 is 19.9 Å². The first-order chi connectivity index (χ1) is 14.2. The number of aromatic nitrogens is 2. The number of rotatable bonds is 5.